The summed E-state index contributed by atoms with van der Waals surface area (Å²) in [5.74, 6) is 0. The van der Waals surface area contributed by atoms with Crippen LogP contribution in [0.4, 0.5) is 0 Å². The van der Waals surface area contributed by atoms with Crippen LogP contribution in [0.1, 0.15) is 12.8 Å². The molecule has 0 spiro atoms. The smallest absolute Gasteiger partial charge is 0.171 e. The van der Waals surface area contributed by atoms with Gasteiger partial charge in [-0.25, -0.2) is 0 Å². The van der Waals surface area contributed by atoms with Gasteiger partial charge < -0.3 is 20.4 Å². The van der Waals surface area contributed by atoms with Gasteiger partial charge in [0, 0.05) is 12.4 Å². The summed E-state index contributed by atoms with van der Waals surface area (Å²) in [4.78, 5) is 14.7. The molecule has 0 saturated heterocycles. The molecule has 0 fully saturated rings. The number of rotatable bonds is 5. The predicted octanol–water partition coefficient (Wildman–Crippen LogP) is -1.62. The molecule has 0 aromatic heterocycles. The summed E-state index contributed by atoms with van der Waals surface area (Å²) < 4.78 is 0. The third-order valence-corrected chi connectivity index (χ3v) is 2.58. The minimum Gasteiger partial charge on any atom is -0.394 e. The molecule has 0 aliphatic carbocycles. The molecule has 6 nitrogen and oxygen atoms in total. The molecule has 4 N–H and O–H groups in total. The first-order valence-electron chi connectivity index (χ1n) is 4.93. The van der Waals surface area contributed by atoms with Crippen molar-refractivity contribution in [2.75, 3.05) is 6.61 Å². The number of aliphatic hydroxyl groups is 4. The Hall–Kier alpha value is -1.08. The van der Waals surface area contributed by atoms with E-state index in [1.54, 1.807) is 6.21 Å². The summed E-state index contributed by atoms with van der Waals surface area (Å²) >= 11 is 0. The first-order valence-corrected chi connectivity index (χ1v) is 4.93. The highest BCUT2D eigenvalue weighted by Crippen LogP contribution is 2.26. The van der Waals surface area contributed by atoms with Gasteiger partial charge in [0.2, 0.25) is 0 Å². The van der Waals surface area contributed by atoms with Crippen LogP contribution < -0.4 is 0 Å². The first kappa shape index (κ1) is 13.0. The Bertz CT molecular complexity index is 314. The molecule has 0 aromatic carbocycles. The van der Waals surface area contributed by atoms with E-state index in [4.69, 9.17) is 5.11 Å². The lowest BCUT2D eigenvalue weighted by Gasteiger charge is -2.32. The molecule has 16 heavy (non-hydrogen) atoms. The molecule has 90 valence electrons. The quantitative estimate of drug-likeness (QED) is 0.423. The average Bonchev–Trinajstić information content (AvgIpc) is 2.37. The standard InChI is InChI=1S/C10H15NO5/c12-5-8(14)9(15)10(16,6-13)7-2-1-3-11-4-7/h3-4,6,8-9,12,14-16H,1-2,5H2/t8-,9-,10-/m1/s1. The number of hydrogen-bond acceptors (Lipinski definition) is 6. The molecular weight excluding hydrogens is 214 g/mol. The molecule has 0 aromatic rings. The molecular formula is C10H15NO5. The van der Waals surface area contributed by atoms with Gasteiger partial charge in [0.1, 0.15) is 12.2 Å². The van der Waals surface area contributed by atoms with Crippen molar-refractivity contribution in [3.05, 3.63) is 11.8 Å². The Morgan fingerprint density at radius 3 is 2.69 bits per heavy atom. The summed E-state index contributed by atoms with van der Waals surface area (Å²) in [7, 11) is 0. The zero-order valence-corrected chi connectivity index (χ0v) is 8.65. The van der Waals surface area contributed by atoms with E-state index in [1.807, 2.05) is 0 Å². The van der Waals surface area contributed by atoms with Crippen molar-refractivity contribution in [3.8, 4) is 0 Å². The molecule has 1 aliphatic heterocycles. The lowest BCUT2D eigenvalue weighted by molar-refractivity contribution is -0.144. The highest BCUT2D eigenvalue weighted by atomic mass is 16.4. The molecule has 1 heterocycles. The third-order valence-electron chi connectivity index (χ3n) is 2.58. The number of aliphatic imine (C=N–C) groups is 1. The maximum absolute atomic E-state index is 10.9. The zero-order valence-electron chi connectivity index (χ0n) is 8.65. The van der Waals surface area contributed by atoms with Crippen LogP contribution >= 0.6 is 0 Å². The van der Waals surface area contributed by atoms with Crippen molar-refractivity contribution in [1.82, 2.24) is 0 Å². The Kier molecular flexibility index (Phi) is 4.31. The Balaban J connectivity index is 2.96. The molecule has 0 saturated carbocycles. The van der Waals surface area contributed by atoms with E-state index < -0.39 is 24.4 Å². The van der Waals surface area contributed by atoms with Crippen molar-refractivity contribution < 1.29 is 25.2 Å². The molecule has 3 atom stereocenters. The fourth-order valence-electron chi connectivity index (χ4n) is 1.53. The minimum absolute atomic E-state index is 0.156. The fraction of sp³-hybridized carbons (Fsp3) is 0.600. The second kappa shape index (κ2) is 5.31. The van der Waals surface area contributed by atoms with E-state index in [9.17, 15) is 20.1 Å². The second-order valence-electron chi connectivity index (χ2n) is 3.66. The van der Waals surface area contributed by atoms with E-state index in [1.165, 1.54) is 6.20 Å². The van der Waals surface area contributed by atoms with Gasteiger partial charge in [0.15, 0.2) is 11.9 Å². The maximum atomic E-state index is 10.9. The molecule has 6 heteroatoms. The lowest BCUT2D eigenvalue weighted by Crippen LogP contribution is -2.53. The predicted molar refractivity (Wildman–Crippen MR) is 55.9 cm³/mol. The number of aldehydes is 1. The van der Waals surface area contributed by atoms with E-state index in [0.29, 0.717) is 12.8 Å². The van der Waals surface area contributed by atoms with Crippen LogP contribution in [0.25, 0.3) is 0 Å². The number of aliphatic hydroxyl groups excluding tert-OH is 3. The van der Waals surface area contributed by atoms with Crippen molar-refractivity contribution >= 4 is 12.5 Å². The van der Waals surface area contributed by atoms with Crippen molar-refractivity contribution in [2.45, 2.75) is 30.7 Å². The van der Waals surface area contributed by atoms with Crippen molar-refractivity contribution in [1.29, 1.82) is 0 Å². The Morgan fingerprint density at radius 1 is 1.56 bits per heavy atom. The maximum Gasteiger partial charge on any atom is 0.171 e. The number of hydrogen-bond donors (Lipinski definition) is 4. The number of carbonyl (C=O) groups excluding carboxylic acids is 1. The molecule has 1 aliphatic rings. The summed E-state index contributed by atoms with van der Waals surface area (Å²) in [6.07, 6.45) is 0.618. The molecule has 0 amide bonds. The van der Waals surface area contributed by atoms with Gasteiger partial charge in [-0.1, -0.05) is 0 Å². The van der Waals surface area contributed by atoms with Crippen LogP contribution in [-0.2, 0) is 4.79 Å². The molecule has 0 radical (unpaired) electrons. The molecule has 1 rings (SSSR count). The van der Waals surface area contributed by atoms with Gasteiger partial charge in [-0.3, -0.25) is 9.79 Å². The third kappa shape index (κ3) is 2.35. The van der Waals surface area contributed by atoms with Gasteiger partial charge in [-0.15, -0.1) is 0 Å². The monoisotopic (exact) mass is 229 g/mol. The van der Waals surface area contributed by atoms with E-state index in [-0.39, 0.29) is 11.9 Å². The normalized spacial score (nSPS) is 23.1. The van der Waals surface area contributed by atoms with Crippen LogP contribution in [-0.4, -0.2) is 57.3 Å². The van der Waals surface area contributed by atoms with Crippen LogP contribution in [0, 0.1) is 0 Å². The van der Waals surface area contributed by atoms with Crippen LogP contribution in [0.2, 0.25) is 0 Å². The molecule has 0 unspecified atom stereocenters. The highest BCUT2D eigenvalue weighted by Gasteiger charge is 2.43. The first-order chi connectivity index (χ1) is 7.56. The largest absolute Gasteiger partial charge is 0.394 e. The minimum atomic E-state index is -2.19. The highest BCUT2D eigenvalue weighted by molar-refractivity contribution is 5.71. The lowest BCUT2D eigenvalue weighted by atomic mass is 9.84. The zero-order chi connectivity index (χ0) is 12.2. The van der Waals surface area contributed by atoms with Crippen LogP contribution in [0.15, 0.2) is 16.8 Å². The number of carbonyl (C=O) groups is 1. The van der Waals surface area contributed by atoms with Crippen LogP contribution in [0.5, 0.6) is 0 Å². The van der Waals surface area contributed by atoms with Crippen molar-refractivity contribution in [3.63, 3.8) is 0 Å². The fourth-order valence-corrected chi connectivity index (χ4v) is 1.53. The van der Waals surface area contributed by atoms with Crippen LogP contribution in [0.3, 0.4) is 0 Å². The van der Waals surface area contributed by atoms with Gasteiger partial charge in [-0.05, 0) is 18.4 Å². The van der Waals surface area contributed by atoms with Gasteiger partial charge >= 0.3 is 0 Å². The summed E-state index contributed by atoms with van der Waals surface area (Å²) in [5, 5.41) is 37.5. The van der Waals surface area contributed by atoms with Gasteiger partial charge in [0.25, 0.3) is 0 Å². The van der Waals surface area contributed by atoms with E-state index in [0.717, 1.165) is 0 Å². The molecule has 0 bridgehead atoms. The summed E-state index contributed by atoms with van der Waals surface area (Å²) in [6.45, 7) is -0.742. The topological polar surface area (TPSA) is 110 Å². The van der Waals surface area contributed by atoms with Gasteiger partial charge in [-0.2, -0.15) is 0 Å². The number of nitrogens with zero attached hydrogens (tertiary/aromatic N) is 1. The Morgan fingerprint density at radius 2 is 2.25 bits per heavy atom. The summed E-state index contributed by atoms with van der Waals surface area (Å²) in [6, 6.07) is 0. The summed E-state index contributed by atoms with van der Waals surface area (Å²) in [5.41, 5.74) is -1.97. The Labute approximate surface area is 92.6 Å². The van der Waals surface area contributed by atoms with E-state index in [2.05, 4.69) is 4.99 Å². The van der Waals surface area contributed by atoms with Gasteiger partial charge in [0.05, 0.1) is 6.61 Å². The van der Waals surface area contributed by atoms with E-state index >= 15 is 0 Å². The SMILES string of the molecule is O=C[C@@](O)(C1=CN=CCC1)[C@H](O)[C@H](O)CO. The van der Waals surface area contributed by atoms with Crippen molar-refractivity contribution in [2.24, 2.45) is 4.99 Å². The second-order valence-corrected chi connectivity index (χ2v) is 3.66. The average molecular weight is 229 g/mol.